The van der Waals surface area contributed by atoms with Crippen LogP contribution in [0.2, 0.25) is 0 Å². The summed E-state index contributed by atoms with van der Waals surface area (Å²) in [5.74, 6) is -0.504. The third-order valence-electron chi connectivity index (χ3n) is 5.07. The number of benzene rings is 2. The van der Waals surface area contributed by atoms with Gasteiger partial charge in [-0.25, -0.2) is 4.79 Å². The van der Waals surface area contributed by atoms with Crippen LogP contribution in [0.4, 0.5) is 5.69 Å². The number of esters is 1. The van der Waals surface area contributed by atoms with E-state index >= 15 is 0 Å². The fourth-order valence-corrected chi connectivity index (χ4v) is 3.19. The Morgan fingerprint density at radius 1 is 0.966 bits per heavy atom. The van der Waals surface area contributed by atoms with E-state index < -0.39 is 17.3 Å². The molecule has 0 saturated heterocycles. The Bertz CT molecular complexity index is 921. The predicted octanol–water partition coefficient (Wildman–Crippen LogP) is 2.56. The van der Waals surface area contributed by atoms with Gasteiger partial charge in [-0.05, 0) is 43.0 Å². The standard InChI is InChI=1S/C22H24N2O5/c1-28-18-10-6-3-7-15(18)11-14-23-20(26)22(12-13-22)21(27)24-17-9-5-4-8-16(17)19(25)29-2/h3-10H,11-14H2,1-2H3,(H,23,26)(H,24,27). The van der Waals surface area contributed by atoms with Crippen LogP contribution < -0.4 is 15.4 Å². The summed E-state index contributed by atoms with van der Waals surface area (Å²) in [5, 5.41) is 5.57. The highest BCUT2D eigenvalue weighted by molar-refractivity contribution is 6.14. The molecular formula is C22H24N2O5. The molecule has 0 unspecified atom stereocenters. The van der Waals surface area contributed by atoms with Crippen LogP contribution in [0.3, 0.4) is 0 Å². The van der Waals surface area contributed by atoms with Crippen LogP contribution in [0.15, 0.2) is 48.5 Å². The van der Waals surface area contributed by atoms with E-state index in [1.165, 1.54) is 7.11 Å². The molecule has 0 heterocycles. The van der Waals surface area contributed by atoms with Crippen molar-refractivity contribution < 1.29 is 23.9 Å². The first-order valence-electron chi connectivity index (χ1n) is 9.41. The number of carbonyl (C=O) groups is 3. The molecule has 7 heteroatoms. The van der Waals surface area contributed by atoms with Crippen molar-refractivity contribution in [3.8, 4) is 5.75 Å². The van der Waals surface area contributed by atoms with Gasteiger partial charge in [0.2, 0.25) is 11.8 Å². The molecule has 0 aliphatic heterocycles. The monoisotopic (exact) mass is 396 g/mol. The maximum Gasteiger partial charge on any atom is 0.339 e. The second kappa shape index (κ2) is 8.77. The molecule has 0 atom stereocenters. The van der Waals surface area contributed by atoms with E-state index in [1.54, 1.807) is 31.4 Å². The number of nitrogens with one attached hydrogen (secondary N) is 2. The topological polar surface area (TPSA) is 93.7 Å². The second-order valence-corrected chi connectivity index (χ2v) is 6.89. The van der Waals surface area contributed by atoms with Gasteiger partial charge in [-0.1, -0.05) is 30.3 Å². The summed E-state index contributed by atoms with van der Waals surface area (Å²) in [4.78, 5) is 37.4. The van der Waals surface area contributed by atoms with Gasteiger partial charge in [0.15, 0.2) is 0 Å². The molecule has 2 aromatic rings. The van der Waals surface area contributed by atoms with Crippen LogP contribution >= 0.6 is 0 Å². The number of methoxy groups -OCH3 is 2. The summed E-state index contributed by atoms with van der Waals surface area (Å²) >= 11 is 0. The number of hydrogen-bond donors (Lipinski definition) is 2. The highest BCUT2D eigenvalue weighted by atomic mass is 16.5. The molecule has 152 valence electrons. The van der Waals surface area contributed by atoms with Gasteiger partial charge >= 0.3 is 5.97 Å². The van der Waals surface area contributed by atoms with Gasteiger partial charge in [0.1, 0.15) is 11.2 Å². The summed E-state index contributed by atoms with van der Waals surface area (Å²) in [6.45, 7) is 0.396. The lowest BCUT2D eigenvalue weighted by Gasteiger charge is -2.17. The minimum atomic E-state index is -1.09. The number of anilines is 1. The van der Waals surface area contributed by atoms with Gasteiger partial charge < -0.3 is 20.1 Å². The van der Waals surface area contributed by atoms with Crippen molar-refractivity contribution in [2.24, 2.45) is 5.41 Å². The van der Waals surface area contributed by atoms with E-state index in [0.717, 1.165) is 11.3 Å². The lowest BCUT2D eigenvalue weighted by Crippen LogP contribution is -2.40. The molecular weight excluding hydrogens is 372 g/mol. The average Bonchev–Trinajstić information content (AvgIpc) is 3.56. The Balaban J connectivity index is 1.61. The molecule has 29 heavy (non-hydrogen) atoms. The zero-order chi connectivity index (χ0) is 20.9. The highest BCUT2D eigenvalue weighted by Crippen LogP contribution is 2.47. The molecule has 0 bridgehead atoms. The smallest absolute Gasteiger partial charge is 0.339 e. The van der Waals surface area contributed by atoms with Crippen LogP contribution in [-0.4, -0.2) is 38.5 Å². The fraction of sp³-hybridized carbons (Fsp3) is 0.318. The first kappa shape index (κ1) is 20.4. The third-order valence-corrected chi connectivity index (χ3v) is 5.07. The molecule has 1 saturated carbocycles. The molecule has 7 nitrogen and oxygen atoms in total. The molecule has 1 aliphatic carbocycles. The van der Waals surface area contributed by atoms with Gasteiger partial charge in [-0.3, -0.25) is 9.59 Å². The van der Waals surface area contributed by atoms with Gasteiger partial charge in [-0.2, -0.15) is 0 Å². The molecule has 0 aromatic heterocycles. The lowest BCUT2D eigenvalue weighted by molar-refractivity contribution is -0.134. The largest absolute Gasteiger partial charge is 0.496 e. The molecule has 1 fully saturated rings. The van der Waals surface area contributed by atoms with Crippen molar-refractivity contribution in [1.82, 2.24) is 5.32 Å². The average molecular weight is 396 g/mol. The van der Waals surface area contributed by atoms with Gasteiger partial charge in [0, 0.05) is 6.54 Å². The van der Waals surface area contributed by atoms with E-state index in [-0.39, 0.29) is 11.5 Å². The maximum absolute atomic E-state index is 12.8. The van der Waals surface area contributed by atoms with Crippen molar-refractivity contribution in [2.45, 2.75) is 19.3 Å². The van der Waals surface area contributed by atoms with Crippen molar-refractivity contribution in [2.75, 3.05) is 26.1 Å². The lowest BCUT2D eigenvalue weighted by atomic mass is 10.0. The summed E-state index contributed by atoms with van der Waals surface area (Å²) in [5.41, 5.74) is 0.467. The van der Waals surface area contributed by atoms with E-state index in [1.807, 2.05) is 24.3 Å². The van der Waals surface area contributed by atoms with Crippen molar-refractivity contribution >= 4 is 23.5 Å². The number of hydrogen-bond acceptors (Lipinski definition) is 5. The second-order valence-electron chi connectivity index (χ2n) is 6.89. The molecule has 0 radical (unpaired) electrons. The minimum Gasteiger partial charge on any atom is -0.496 e. The number of ether oxygens (including phenoxy) is 2. The normalized spacial score (nSPS) is 13.9. The Kier molecular flexibility index (Phi) is 6.16. The van der Waals surface area contributed by atoms with Crippen LogP contribution in [0.5, 0.6) is 5.75 Å². The Morgan fingerprint density at radius 3 is 2.34 bits per heavy atom. The van der Waals surface area contributed by atoms with E-state index in [0.29, 0.717) is 31.5 Å². The molecule has 1 aliphatic rings. The van der Waals surface area contributed by atoms with Gasteiger partial charge in [0.25, 0.3) is 0 Å². The first-order chi connectivity index (χ1) is 14.0. The van der Waals surface area contributed by atoms with Crippen molar-refractivity contribution in [3.05, 3.63) is 59.7 Å². The summed E-state index contributed by atoms with van der Waals surface area (Å²) in [7, 11) is 2.88. The molecule has 2 amide bonds. The fourth-order valence-electron chi connectivity index (χ4n) is 3.19. The summed E-state index contributed by atoms with van der Waals surface area (Å²) in [6.07, 6.45) is 1.54. The number of carbonyl (C=O) groups excluding carboxylic acids is 3. The first-order valence-corrected chi connectivity index (χ1v) is 9.41. The minimum absolute atomic E-state index is 0.246. The molecule has 2 aromatic carbocycles. The number of amides is 2. The highest BCUT2D eigenvalue weighted by Gasteiger charge is 2.56. The van der Waals surface area contributed by atoms with Gasteiger partial charge in [-0.15, -0.1) is 0 Å². The van der Waals surface area contributed by atoms with E-state index in [9.17, 15) is 14.4 Å². The molecule has 0 spiro atoms. The van der Waals surface area contributed by atoms with Crippen molar-refractivity contribution in [1.29, 1.82) is 0 Å². The predicted molar refractivity (Wildman–Crippen MR) is 108 cm³/mol. The Labute approximate surface area is 169 Å². The van der Waals surface area contributed by atoms with Crippen LogP contribution in [0, 0.1) is 5.41 Å². The van der Waals surface area contributed by atoms with Crippen LogP contribution in [0.25, 0.3) is 0 Å². The SMILES string of the molecule is COC(=O)c1ccccc1NC(=O)C1(C(=O)NCCc2ccccc2OC)CC1. The van der Waals surface area contributed by atoms with Crippen LogP contribution in [0.1, 0.15) is 28.8 Å². The van der Waals surface area contributed by atoms with E-state index in [2.05, 4.69) is 10.6 Å². The summed E-state index contributed by atoms with van der Waals surface area (Å²) in [6, 6.07) is 14.2. The third kappa shape index (κ3) is 4.39. The summed E-state index contributed by atoms with van der Waals surface area (Å²) < 4.78 is 10.1. The zero-order valence-electron chi connectivity index (χ0n) is 16.5. The Morgan fingerprint density at radius 2 is 1.66 bits per heavy atom. The quantitative estimate of drug-likeness (QED) is 0.528. The maximum atomic E-state index is 12.8. The number of para-hydroxylation sites is 2. The zero-order valence-corrected chi connectivity index (χ0v) is 16.5. The number of rotatable bonds is 8. The van der Waals surface area contributed by atoms with Crippen molar-refractivity contribution in [3.63, 3.8) is 0 Å². The van der Waals surface area contributed by atoms with Crippen LogP contribution in [-0.2, 0) is 20.7 Å². The molecule has 3 rings (SSSR count). The van der Waals surface area contributed by atoms with E-state index in [4.69, 9.17) is 9.47 Å². The van der Waals surface area contributed by atoms with Gasteiger partial charge in [0.05, 0.1) is 25.5 Å². The Hall–Kier alpha value is -3.35. The molecule has 2 N–H and O–H groups in total.